The lowest BCUT2D eigenvalue weighted by Crippen LogP contribution is -2.44. The van der Waals surface area contributed by atoms with Crippen LogP contribution in [0.5, 0.6) is 0 Å². The van der Waals surface area contributed by atoms with Gasteiger partial charge in [-0.25, -0.2) is 0 Å². The third-order valence-electron chi connectivity index (χ3n) is 3.90. The van der Waals surface area contributed by atoms with Gasteiger partial charge in [0, 0.05) is 0 Å². The van der Waals surface area contributed by atoms with Gasteiger partial charge in [-0.3, -0.25) is 4.79 Å². The van der Waals surface area contributed by atoms with Crippen LogP contribution in [0.2, 0.25) is 0 Å². The van der Waals surface area contributed by atoms with Gasteiger partial charge in [-0.2, -0.15) is 0 Å². The van der Waals surface area contributed by atoms with Gasteiger partial charge < -0.3 is 14.6 Å². The van der Waals surface area contributed by atoms with Crippen molar-refractivity contribution in [3.63, 3.8) is 0 Å². The molecule has 1 atom stereocenters. The Hall–Kier alpha value is -1.39. The van der Waals surface area contributed by atoms with Gasteiger partial charge in [-0.1, -0.05) is 68.5 Å². The maximum Gasteiger partial charge on any atom is 0.306 e. The molecule has 0 aromatic heterocycles. The van der Waals surface area contributed by atoms with E-state index >= 15 is 0 Å². The van der Waals surface area contributed by atoms with Crippen molar-refractivity contribution in [1.29, 1.82) is 0 Å². The van der Waals surface area contributed by atoms with Gasteiger partial charge in [0.05, 0.1) is 26.2 Å². The van der Waals surface area contributed by atoms with Crippen molar-refractivity contribution < 1.29 is 19.4 Å². The molecule has 1 N–H and O–H groups in total. The highest BCUT2D eigenvalue weighted by Gasteiger charge is 2.36. The molecular weight excluding hydrogens is 292 g/mol. The van der Waals surface area contributed by atoms with Gasteiger partial charge >= 0.3 is 5.97 Å². The summed E-state index contributed by atoms with van der Waals surface area (Å²) in [7, 11) is 0. The van der Waals surface area contributed by atoms with Gasteiger partial charge in [0.15, 0.2) is 0 Å². The summed E-state index contributed by atoms with van der Waals surface area (Å²) < 4.78 is 11.0. The fourth-order valence-electron chi connectivity index (χ4n) is 2.64. The van der Waals surface area contributed by atoms with Gasteiger partial charge in [0.1, 0.15) is 5.60 Å². The molecule has 130 valence electrons. The largest absolute Gasteiger partial charge is 0.481 e. The molecule has 4 heteroatoms. The van der Waals surface area contributed by atoms with E-state index in [1.165, 1.54) is 18.4 Å². The minimum atomic E-state index is -0.805. The zero-order chi connectivity index (χ0) is 17.0. The SMILES string of the molecule is CCCCCCC1(CC(=O)O)COCCO1.Cc1ccccc1. The zero-order valence-corrected chi connectivity index (χ0v) is 14.4. The normalized spacial score (nSPS) is 20.4. The number of ether oxygens (including phenoxy) is 2. The molecule has 1 unspecified atom stereocenters. The van der Waals surface area contributed by atoms with Gasteiger partial charge in [-0.05, 0) is 13.3 Å². The second-order valence-corrected chi connectivity index (χ2v) is 6.12. The Bertz CT molecular complexity index is 424. The highest BCUT2D eigenvalue weighted by molar-refractivity contribution is 5.68. The van der Waals surface area contributed by atoms with Crippen molar-refractivity contribution in [1.82, 2.24) is 0 Å². The number of benzene rings is 1. The predicted octanol–water partition coefficient (Wildman–Crippen LogP) is 4.21. The molecule has 1 aliphatic heterocycles. The average Bonchev–Trinajstić information content (AvgIpc) is 2.53. The Morgan fingerprint density at radius 1 is 1.17 bits per heavy atom. The summed E-state index contributed by atoms with van der Waals surface area (Å²) in [5.74, 6) is -0.805. The van der Waals surface area contributed by atoms with Crippen LogP contribution < -0.4 is 0 Å². The summed E-state index contributed by atoms with van der Waals surface area (Å²) in [5.41, 5.74) is 0.750. The van der Waals surface area contributed by atoms with Gasteiger partial charge in [-0.15, -0.1) is 0 Å². The lowest BCUT2D eigenvalue weighted by Gasteiger charge is -2.36. The number of carbonyl (C=O) groups is 1. The summed E-state index contributed by atoms with van der Waals surface area (Å²) in [6.45, 7) is 5.76. The molecule has 1 aromatic rings. The molecule has 4 nitrogen and oxygen atoms in total. The Morgan fingerprint density at radius 3 is 2.39 bits per heavy atom. The van der Waals surface area contributed by atoms with Crippen LogP contribution in [0.15, 0.2) is 30.3 Å². The molecule has 1 heterocycles. The van der Waals surface area contributed by atoms with E-state index in [0.717, 1.165) is 19.3 Å². The van der Waals surface area contributed by atoms with Crippen LogP contribution in [-0.2, 0) is 14.3 Å². The second kappa shape index (κ2) is 11.2. The monoisotopic (exact) mass is 322 g/mol. The van der Waals surface area contributed by atoms with Gasteiger partial charge in [0.25, 0.3) is 0 Å². The molecule has 1 saturated heterocycles. The first kappa shape index (κ1) is 19.7. The summed E-state index contributed by atoms with van der Waals surface area (Å²) in [4.78, 5) is 10.8. The number of carboxylic acids is 1. The number of hydrogen-bond donors (Lipinski definition) is 1. The standard InChI is InChI=1S/C12H22O4.C7H8/c1-2-3-4-5-6-12(9-11(13)14)10-15-7-8-16-12;1-7-5-3-2-4-6-7/h2-10H2,1H3,(H,13,14);2-6H,1H3. The highest BCUT2D eigenvalue weighted by atomic mass is 16.6. The molecule has 2 rings (SSSR count). The van der Waals surface area contributed by atoms with Crippen molar-refractivity contribution in [2.75, 3.05) is 19.8 Å². The molecule has 0 radical (unpaired) electrons. The number of aryl methyl sites for hydroxylation is 1. The van der Waals surface area contributed by atoms with E-state index in [-0.39, 0.29) is 6.42 Å². The number of rotatable bonds is 7. The van der Waals surface area contributed by atoms with E-state index in [2.05, 4.69) is 26.0 Å². The molecular formula is C19H30O4. The van der Waals surface area contributed by atoms with Crippen LogP contribution in [-0.4, -0.2) is 36.5 Å². The summed E-state index contributed by atoms with van der Waals surface area (Å²) in [6, 6.07) is 10.3. The number of aliphatic carboxylic acids is 1. The first-order valence-electron chi connectivity index (χ1n) is 8.53. The first-order valence-corrected chi connectivity index (χ1v) is 8.53. The number of unbranched alkanes of at least 4 members (excludes halogenated alkanes) is 3. The molecule has 1 fully saturated rings. The van der Waals surface area contributed by atoms with Gasteiger partial charge in [0.2, 0.25) is 0 Å². The van der Waals surface area contributed by atoms with E-state index < -0.39 is 11.6 Å². The Labute approximate surface area is 139 Å². The minimum absolute atomic E-state index is 0.0547. The Morgan fingerprint density at radius 2 is 1.91 bits per heavy atom. The van der Waals surface area contributed by atoms with E-state index in [9.17, 15) is 4.79 Å². The zero-order valence-electron chi connectivity index (χ0n) is 14.4. The molecule has 0 amide bonds. The molecule has 0 bridgehead atoms. The molecule has 1 aromatic carbocycles. The van der Waals surface area contributed by atoms with E-state index in [1.807, 2.05) is 18.2 Å². The Balaban J connectivity index is 0.000000313. The fraction of sp³-hybridized carbons (Fsp3) is 0.632. The maximum atomic E-state index is 10.8. The molecule has 0 aliphatic carbocycles. The van der Waals surface area contributed by atoms with E-state index in [1.54, 1.807) is 0 Å². The Kier molecular flexibility index (Phi) is 9.57. The van der Waals surface area contributed by atoms with E-state index in [0.29, 0.717) is 19.8 Å². The quantitative estimate of drug-likeness (QED) is 0.764. The van der Waals surface area contributed by atoms with Crippen LogP contribution in [0.1, 0.15) is 51.0 Å². The lowest BCUT2D eigenvalue weighted by atomic mass is 9.92. The first-order chi connectivity index (χ1) is 11.1. The van der Waals surface area contributed by atoms with Crippen molar-refractivity contribution in [2.45, 2.75) is 58.0 Å². The van der Waals surface area contributed by atoms with Crippen LogP contribution in [0.4, 0.5) is 0 Å². The van der Waals surface area contributed by atoms with Crippen LogP contribution >= 0.6 is 0 Å². The number of hydrogen-bond acceptors (Lipinski definition) is 3. The summed E-state index contributed by atoms with van der Waals surface area (Å²) in [6.07, 6.45) is 5.39. The smallest absolute Gasteiger partial charge is 0.306 e. The molecule has 0 spiro atoms. The average molecular weight is 322 g/mol. The van der Waals surface area contributed by atoms with Crippen molar-refractivity contribution in [2.24, 2.45) is 0 Å². The summed E-state index contributed by atoms with van der Waals surface area (Å²) in [5, 5.41) is 8.90. The molecule has 1 aliphatic rings. The van der Waals surface area contributed by atoms with Crippen LogP contribution in [0.25, 0.3) is 0 Å². The lowest BCUT2D eigenvalue weighted by molar-refractivity contribution is -0.177. The minimum Gasteiger partial charge on any atom is -0.481 e. The van der Waals surface area contributed by atoms with Crippen molar-refractivity contribution in [3.05, 3.63) is 35.9 Å². The van der Waals surface area contributed by atoms with Crippen molar-refractivity contribution >= 4 is 5.97 Å². The van der Waals surface area contributed by atoms with E-state index in [4.69, 9.17) is 14.6 Å². The van der Waals surface area contributed by atoms with Crippen LogP contribution in [0, 0.1) is 6.92 Å². The number of carboxylic acid groups (broad SMARTS) is 1. The summed E-state index contributed by atoms with van der Waals surface area (Å²) >= 11 is 0. The topological polar surface area (TPSA) is 55.8 Å². The molecule has 0 saturated carbocycles. The van der Waals surface area contributed by atoms with Crippen LogP contribution in [0.3, 0.4) is 0 Å². The maximum absolute atomic E-state index is 10.8. The second-order valence-electron chi connectivity index (χ2n) is 6.12. The predicted molar refractivity (Wildman–Crippen MR) is 91.7 cm³/mol. The third-order valence-corrected chi connectivity index (χ3v) is 3.90. The highest BCUT2D eigenvalue weighted by Crippen LogP contribution is 2.27. The fourth-order valence-corrected chi connectivity index (χ4v) is 2.64. The van der Waals surface area contributed by atoms with Crippen molar-refractivity contribution in [3.8, 4) is 0 Å². The third kappa shape index (κ3) is 8.72. The molecule has 23 heavy (non-hydrogen) atoms.